The van der Waals surface area contributed by atoms with E-state index >= 15 is 0 Å². The Balaban J connectivity index is 2.08. The number of nitrogens with one attached hydrogen (secondary N) is 1. The van der Waals surface area contributed by atoms with Gasteiger partial charge < -0.3 is 10.2 Å². The van der Waals surface area contributed by atoms with Crippen LogP contribution in [0.15, 0.2) is 40.4 Å². The monoisotopic (exact) mass is 441 g/mol. The number of carbonyl (C=O) groups excluding carboxylic acids is 1. The number of amides is 1. The highest BCUT2D eigenvalue weighted by Crippen LogP contribution is 2.26. The van der Waals surface area contributed by atoms with Gasteiger partial charge in [0.15, 0.2) is 10.8 Å². The molecule has 0 aliphatic carbocycles. The third kappa shape index (κ3) is 4.46. The average Bonchev–Trinajstić information content (AvgIpc) is 3.17. The first-order valence-corrected chi connectivity index (χ1v) is 11.0. The molecule has 0 bridgehead atoms. The first-order chi connectivity index (χ1) is 14.8. The lowest BCUT2D eigenvalue weighted by atomic mass is 10.1. The number of fused-ring (bicyclic) bond motifs is 1. The molecular formula is C22H27N5O3S. The van der Waals surface area contributed by atoms with Crippen LogP contribution in [0.2, 0.25) is 0 Å². The molecule has 3 aromatic rings. The number of rotatable bonds is 8. The Bertz CT molecular complexity index is 1250. The summed E-state index contributed by atoms with van der Waals surface area (Å²) in [5, 5.41) is 3.50. The van der Waals surface area contributed by atoms with Crippen LogP contribution in [0.1, 0.15) is 25.0 Å². The molecule has 164 valence electrons. The van der Waals surface area contributed by atoms with Crippen molar-refractivity contribution in [2.75, 3.05) is 23.3 Å². The van der Waals surface area contributed by atoms with Crippen molar-refractivity contribution in [3.8, 4) is 0 Å². The van der Waals surface area contributed by atoms with Crippen LogP contribution in [-0.2, 0) is 17.9 Å². The van der Waals surface area contributed by atoms with E-state index in [9.17, 15) is 14.4 Å². The number of hydrogen-bond acceptors (Lipinski definition) is 6. The van der Waals surface area contributed by atoms with E-state index in [4.69, 9.17) is 0 Å². The predicted octanol–water partition coefficient (Wildman–Crippen LogP) is 2.91. The van der Waals surface area contributed by atoms with Gasteiger partial charge in [0.2, 0.25) is 5.91 Å². The molecule has 1 amide bonds. The summed E-state index contributed by atoms with van der Waals surface area (Å²) < 4.78 is 2.70. The normalized spacial score (nSPS) is 11.0. The van der Waals surface area contributed by atoms with E-state index in [1.165, 1.54) is 22.0 Å². The summed E-state index contributed by atoms with van der Waals surface area (Å²) in [5.74, 6) is -0.364. The van der Waals surface area contributed by atoms with Gasteiger partial charge in [-0.05, 0) is 39.3 Å². The van der Waals surface area contributed by atoms with Crippen LogP contribution in [0.4, 0.5) is 10.8 Å². The predicted molar refractivity (Wildman–Crippen MR) is 126 cm³/mol. The molecule has 0 saturated heterocycles. The van der Waals surface area contributed by atoms with Gasteiger partial charge in [0.05, 0.1) is 0 Å². The average molecular weight is 442 g/mol. The lowest BCUT2D eigenvalue weighted by molar-refractivity contribution is -0.116. The van der Waals surface area contributed by atoms with E-state index in [2.05, 4.69) is 16.9 Å². The number of carbonyl (C=O) groups is 1. The molecule has 8 nitrogen and oxygen atoms in total. The van der Waals surface area contributed by atoms with Gasteiger partial charge in [0.25, 0.3) is 5.56 Å². The number of nitrogens with zero attached hydrogens (tertiary/aromatic N) is 4. The summed E-state index contributed by atoms with van der Waals surface area (Å²) in [5.41, 5.74) is 1.95. The van der Waals surface area contributed by atoms with Crippen molar-refractivity contribution in [2.45, 2.75) is 40.8 Å². The van der Waals surface area contributed by atoms with Crippen molar-refractivity contribution >= 4 is 38.4 Å². The molecule has 0 saturated carbocycles. The van der Waals surface area contributed by atoms with Gasteiger partial charge >= 0.3 is 5.69 Å². The third-order valence-corrected chi connectivity index (χ3v) is 6.15. The van der Waals surface area contributed by atoms with Crippen molar-refractivity contribution in [2.24, 2.45) is 0 Å². The van der Waals surface area contributed by atoms with Gasteiger partial charge in [-0.15, -0.1) is 6.58 Å². The largest absolute Gasteiger partial charge is 0.349 e. The van der Waals surface area contributed by atoms with Crippen molar-refractivity contribution in [1.29, 1.82) is 0 Å². The highest BCUT2D eigenvalue weighted by atomic mass is 32.1. The van der Waals surface area contributed by atoms with E-state index < -0.39 is 11.2 Å². The standard InChI is InChI=1S/C22H27N5O3S/c1-6-11-26-20(29)18-19(24-21(31-18)25(7-2)8-3)27(22(26)30)13-17(28)23-16-10-9-14(4)12-15(16)5/h6,9-10,12H,1,7-8,11,13H2,2-5H3,(H,23,28). The van der Waals surface area contributed by atoms with Gasteiger partial charge in [-0.1, -0.05) is 35.1 Å². The van der Waals surface area contributed by atoms with Crippen molar-refractivity contribution in [1.82, 2.24) is 14.1 Å². The topological polar surface area (TPSA) is 89.2 Å². The number of allylic oxidation sites excluding steroid dienone is 1. The van der Waals surface area contributed by atoms with E-state index in [1.807, 2.05) is 50.8 Å². The zero-order chi connectivity index (χ0) is 22.7. The number of hydrogen-bond donors (Lipinski definition) is 1. The van der Waals surface area contributed by atoms with Crippen LogP contribution in [0.3, 0.4) is 0 Å². The minimum absolute atomic E-state index is 0.0603. The van der Waals surface area contributed by atoms with E-state index in [1.54, 1.807) is 0 Å². The zero-order valence-corrected chi connectivity index (χ0v) is 19.1. The summed E-state index contributed by atoms with van der Waals surface area (Å²) in [6.07, 6.45) is 1.49. The fourth-order valence-electron chi connectivity index (χ4n) is 3.42. The second-order valence-electron chi connectivity index (χ2n) is 7.26. The molecule has 0 radical (unpaired) electrons. The molecule has 31 heavy (non-hydrogen) atoms. The maximum Gasteiger partial charge on any atom is 0.333 e. The lowest BCUT2D eigenvalue weighted by Gasteiger charge is -2.16. The van der Waals surface area contributed by atoms with Crippen molar-refractivity contribution < 1.29 is 4.79 Å². The number of aryl methyl sites for hydroxylation is 2. The SMILES string of the molecule is C=CCn1c(=O)c2sc(N(CC)CC)nc2n(CC(=O)Nc2ccc(C)cc2C)c1=O. The first kappa shape index (κ1) is 22.5. The lowest BCUT2D eigenvalue weighted by Crippen LogP contribution is -2.41. The fraction of sp³-hybridized carbons (Fsp3) is 0.364. The Morgan fingerprint density at radius 2 is 1.94 bits per heavy atom. The summed E-state index contributed by atoms with van der Waals surface area (Å²) in [4.78, 5) is 45.3. The number of aromatic nitrogens is 3. The molecule has 1 aromatic carbocycles. The Hall–Kier alpha value is -3.20. The van der Waals surface area contributed by atoms with Gasteiger partial charge in [-0.3, -0.25) is 18.7 Å². The quantitative estimate of drug-likeness (QED) is 0.543. The van der Waals surface area contributed by atoms with Crippen LogP contribution in [-0.4, -0.2) is 33.1 Å². The molecule has 2 heterocycles. The highest BCUT2D eigenvalue weighted by molar-refractivity contribution is 7.22. The van der Waals surface area contributed by atoms with Crippen molar-refractivity contribution in [3.05, 3.63) is 62.8 Å². The van der Waals surface area contributed by atoms with Gasteiger partial charge in [0, 0.05) is 25.3 Å². The Kier molecular flexibility index (Phi) is 6.74. The van der Waals surface area contributed by atoms with Crippen LogP contribution < -0.4 is 21.5 Å². The molecule has 3 rings (SSSR count). The smallest absolute Gasteiger partial charge is 0.333 e. The Morgan fingerprint density at radius 1 is 1.23 bits per heavy atom. The van der Waals surface area contributed by atoms with Crippen LogP contribution in [0.25, 0.3) is 10.3 Å². The van der Waals surface area contributed by atoms with Gasteiger partial charge in [-0.2, -0.15) is 0 Å². The molecule has 0 aliphatic heterocycles. The van der Waals surface area contributed by atoms with Crippen LogP contribution in [0.5, 0.6) is 0 Å². The van der Waals surface area contributed by atoms with Gasteiger partial charge in [-0.25, -0.2) is 9.78 Å². The van der Waals surface area contributed by atoms with Crippen LogP contribution in [0, 0.1) is 13.8 Å². The third-order valence-electron chi connectivity index (χ3n) is 5.06. The van der Waals surface area contributed by atoms with Crippen LogP contribution >= 0.6 is 11.3 Å². The summed E-state index contributed by atoms with van der Waals surface area (Å²) in [7, 11) is 0. The summed E-state index contributed by atoms with van der Waals surface area (Å²) in [6, 6.07) is 5.72. The molecule has 2 aromatic heterocycles. The second-order valence-corrected chi connectivity index (χ2v) is 8.24. The fourth-order valence-corrected chi connectivity index (χ4v) is 4.56. The van der Waals surface area contributed by atoms with E-state index in [-0.39, 0.29) is 24.6 Å². The summed E-state index contributed by atoms with van der Waals surface area (Å²) >= 11 is 1.23. The number of benzene rings is 1. The number of thiazole rings is 1. The van der Waals surface area contributed by atoms with E-state index in [0.29, 0.717) is 28.6 Å². The molecule has 0 unspecified atom stereocenters. The van der Waals surface area contributed by atoms with Gasteiger partial charge in [0.1, 0.15) is 11.2 Å². The Labute approximate surface area is 184 Å². The minimum Gasteiger partial charge on any atom is -0.349 e. The van der Waals surface area contributed by atoms with E-state index in [0.717, 1.165) is 15.7 Å². The summed E-state index contributed by atoms with van der Waals surface area (Å²) in [6.45, 7) is 12.8. The zero-order valence-electron chi connectivity index (χ0n) is 18.3. The molecule has 0 atom stereocenters. The highest BCUT2D eigenvalue weighted by Gasteiger charge is 2.21. The molecule has 0 fully saturated rings. The first-order valence-electron chi connectivity index (χ1n) is 10.2. The molecular weight excluding hydrogens is 414 g/mol. The maximum absolute atomic E-state index is 13.1. The second kappa shape index (κ2) is 9.30. The minimum atomic E-state index is -0.579. The van der Waals surface area contributed by atoms with Crippen molar-refractivity contribution in [3.63, 3.8) is 0 Å². The number of anilines is 2. The molecule has 9 heteroatoms. The Morgan fingerprint density at radius 3 is 2.55 bits per heavy atom. The molecule has 0 aliphatic rings. The molecule has 1 N–H and O–H groups in total. The maximum atomic E-state index is 13.1. The molecule has 0 spiro atoms.